The fourth-order valence-corrected chi connectivity index (χ4v) is 4.17. The third kappa shape index (κ3) is 3.23. The quantitative estimate of drug-likeness (QED) is 0.462. The Bertz CT molecular complexity index is 1520. The zero-order valence-electron chi connectivity index (χ0n) is 17.3. The van der Waals surface area contributed by atoms with Crippen molar-refractivity contribution in [2.45, 2.75) is 13.1 Å². The molecule has 0 amide bonds. The Morgan fingerprint density at radius 2 is 1.72 bits per heavy atom. The number of aryl methyl sites for hydroxylation is 1. The van der Waals surface area contributed by atoms with Crippen molar-refractivity contribution < 1.29 is 0 Å². The number of nitrogens with zero attached hydrogens (tertiary/aromatic N) is 6. The lowest BCUT2D eigenvalue weighted by molar-refractivity contribution is 0.699. The normalized spacial score (nSPS) is 13.4. The van der Waals surface area contributed by atoms with Gasteiger partial charge in [0.1, 0.15) is 0 Å². The van der Waals surface area contributed by atoms with Gasteiger partial charge in [0.2, 0.25) is 5.95 Å². The summed E-state index contributed by atoms with van der Waals surface area (Å²) in [6.07, 6.45) is 0. The van der Waals surface area contributed by atoms with Crippen LogP contribution in [0.5, 0.6) is 0 Å². The smallest absolute Gasteiger partial charge is 0.297 e. The third-order valence-corrected chi connectivity index (χ3v) is 6.27. The van der Waals surface area contributed by atoms with Crippen molar-refractivity contribution in [2.24, 2.45) is 19.2 Å². The van der Waals surface area contributed by atoms with Crippen molar-refractivity contribution in [2.75, 3.05) is 5.01 Å². The van der Waals surface area contributed by atoms with E-state index in [0.717, 1.165) is 21.4 Å². The van der Waals surface area contributed by atoms with Gasteiger partial charge in [0, 0.05) is 14.1 Å². The van der Waals surface area contributed by atoms with Gasteiger partial charge in [-0.1, -0.05) is 59.6 Å². The molecule has 0 N–H and O–H groups in total. The lowest BCUT2D eigenvalue weighted by Gasteiger charge is -2.26. The third-order valence-electron chi connectivity index (χ3n) is 5.53. The predicted octanol–water partition coefficient (Wildman–Crippen LogP) is 3.17. The summed E-state index contributed by atoms with van der Waals surface area (Å²) in [5.74, 6) is 0.476. The molecule has 10 heteroatoms. The molecule has 0 saturated heterocycles. The summed E-state index contributed by atoms with van der Waals surface area (Å²) in [7, 11) is 3.07. The van der Waals surface area contributed by atoms with E-state index in [2.05, 4.69) is 4.98 Å². The first-order chi connectivity index (χ1) is 15.3. The van der Waals surface area contributed by atoms with Gasteiger partial charge in [-0.2, -0.15) is 10.1 Å². The Labute approximate surface area is 192 Å². The van der Waals surface area contributed by atoms with Gasteiger partial charge in [0.05, 0.1) is 28.8 Å². The Balaban J connectivity index is 1.73. The highest BCUT2D eigenvalue weighted by Crippen LogP contribution is 2.28. The zero-order valence-corrected chi connectivity index (χ0v) is 18.8. The molecule has 0 aliphatic carbocycles. The molecule has 1 aliphatic rings. The van der Waals surface area contributed by atoms with Gasteiger partial charge in [0.15, 0.2) is 11.2 Å². The van der Waals surface area contributed by atoms with Crippen molar-refractivity contribution >= 4 is 46.0 Å². The first kappa shape index (κ1) is 20.5. The van der Waals surface area contributed by atoms with E-state index < -0.39 is 11.2 Å². The van der Waals surface area contributed by atoms with Gasteiger partial charge in [-0.05, 0) is 23.3 Å². The Morgan fingerprint density at radius 3 is 2.44 bits per heavy atom. The predicted molar refractivity (Wildman–Crippen MR) is 126 cm³/mol. The molecule has 2 aromatic heterocycles. The molecule has 3 heterocycles. The second kappa shape index (κ2) is 7.65. The van der Waals surface area contributed by atoms with E-state index in [1.807, 2.05) is 41.0 Å². The van der Waals surface area contributed by atoms with Crippen LogP contribution in [0.25, 0.3) is 11.2 Å². The SMILES string of the molecule is Cn1c(=O)c2c(nc3n2CC(c2ccccc2)=NN3Cc2ccc(Cl)c(Cl)c2)n(C)c1=O. The summed E-state index contributed by atoms with van der Waals surface area (Å²) in [5.41, 5.74) is 2.42. The van der Waals surface area contributed by atoms with E-state index in [0.29, 0.717) is 40.2 Å². The zero-order chi connectivity index (χ0) is 22.6. The first-order valence-corrected chi connectivity index (χ1v) is 10.6. The van der Waals surface area contributed by atoms with Crippen molar-refractivity contribution in [3.8, 4) is 0 Å². The molecule has 32 heavy (non-hydrogen) atoms. The fourth-order valence-electron chi connectivity index (χ4n) is 3.85. The highest BCUT2D eigenvalue weighted by atomic mass is 35.5. The molecule has 5 rings (SSSR count). The largest absolute Gasteiger partial charge is 0.332 e. The number of hydrogen-bond donors (Lipinski definition) is 0. The second-order valence-electron chi connectivity index (χ2n) is 7.59. The van der Waals surface area contributed by atoms with Crippen LogP contribution in [0.1, 0.15) is 11.1 Å². The molecule has 0 unspecified atom stereocenters. The minimum absolute atomic E-state index is 0.316. The molecule has 0 spiro atoms. The standard InChI is InChI=1S/C22H18Cl2N6O2/c1-27-19-18(20(31)28(2)22(27)32)29-12-17(14-6-4-3-5-7-14)26-30(21(29)25-19)11-13-8-9-15(23)16(24)10-13/h3-10H,11-12H2,1-2H3. The maximum Gasteiger partial charge on any atom is 0.332 e. The number of aromatic nitrogens is 4. The highest BCUT2D eigenvalue weighted by Gasteiger charge is 2.28. The number of hydrogen-bond acceptors (Lipinski definition) is 5. The van der Waals surface area contributed by atoms with Gasteiger partial charge in [-0.25, -0.2) is 9.80 Å². The second-order valence-corrected chi connectivity index (χ2v) is 8.41. The van der Waals surface area contributed by atoms with E-state index >= 15 is 0 Å². The molecule has 0 bridgehead atoms. The number of hydrazone groups is 1. The lowest BCUT2D eigenvalue weighted by Crippen LogP contribution is -2.38. The average Bonchev–Trinajstić information content (AvgIpc) is 3.19. The summed E-state index contributed by atoms with van der Waals surface area (Å²) in [6.45, 7) is 0.700. The molecule has 8 nitrogen and oxygen atoms in total. The molecular formula is C22H18Cl2N6O2. The number of rotatable bonds is 3. The van der Waals surface area contributed by atoms with Crippen molar-refractivity contribution in [1.82, 2.24) is 18.7 Å². The summed E-state index contributed by atoms with van der Waals surface area (Å²) < 4.78 is 4.28. The van der Waals surface area contributed by atoms with Crippen LogP contribution in [-0.4, -0.2) is 24.4 Å². The van der Waals surface area contributed by atoms with Crippen LogP contribution in [0.3, 0.4) is 0 Å². The van der Waals surface area contributed by atoms with Crippen LogP contribution in [0, 0.1) is 0 Å². The van der Waals surface area contributed by atoms with Gasteiger partial charge in [0.25, 0.3) is 5.56 Å². The van der Waals surface area contributed by atoms with Crippen LogP contribution in [-0.2, 0) is 27.2 Å². The minimum Gasteiger partial charge on any atom is -0.297 e. The van der Waals surface area contributed by atoms with Crippen molar-refractivity contribution in [3.05, 3.63) is 90.5 Å². The molecule has 0 fully saturated rings. The van der Waals surface area contributed by atoms with Crippen molar-refractivity contribution in [3.63, 3.8) is 0 Å². The summed E-state index contributed by atoms with van der Waals surface area (Å²) in [4.78, 5) is 30.1. The van der Waals surface area contributed by atoms with Crippen LogP contribution in [0.15, 0.2) is 63.2 Å². The van der Waals surface area contributed by atoms with Gasteiger partial charge < -0.3 is 0 Å². The molecular weight excluding hydrogens is 451 g/mol. The molecule has 4 aromatic rings. The Hall–Kier alpha value is -3.36. The Kier molecular flexibility index (Phi) is 4.91. The maximum absolute atomic E-state index is 13.0. The van der Waals surface area contributed by atoms with Crippen LogP contribution in [0.2, 0.25) is 10.0 Å². The lowest BCUT2D eigenvalue weighted by atomic mass is 10.1. The summed E-state index contributed by atoms with van der Waals surface area (Å²) >= 11 is 12.3. The summed E-state index contributed by atoms with van der Waals surface area (Å²) in [5, 5.41) is 7.46. The fraction of sp³-hybridized carbons (Fsp3) is 0.182. The van der Waals surface area contributed by atoms with Crippen LogP contribution >= 0.6 is 23.2 Å². The first-order valence-electron chi connectivity index (χ1n) is 9.85. The monoisotopic (exact) mass is 468 g/mol. The van der Waals surface area contributed by atoms with Gasteiger partial charge >= 0.3 is 5.69 Å². The van der Waals surface area contributed by atoms with E-state index in [9.17, 15) is 9.59 Å². The Morgan fingerprint density at radius 1 is 0.969 bits per heavy atom. The minimum atomic E-state index is -0.432. The van der Waals surface area contributed by atoms with Crippen molar-refractivity contribution in [1.29, 1.82) is 0 Å². The number of imidazole rings is 1. The molecule has 0 atom stereocenters. The number of benzene rings is 2. The van der Waals surface area contributed by atoms with Gasteiger partial charge in [-0.15, -0.1) is 0 Å². The molecule has 162 valence electrons. The number of fused-ring (bicyclic) bond motifs is 3. The van der Waals surface area contributed by atoms with E-state index in [1.54, 1.807) is 24.2 Å². The van der Waals surface area contributed by atoms with E-state index in [1.165, 1.54) is 11.6 Å². The summed E-state index contributed by atoms with van der Waals surface area (Å²) in [6, 6.07) is 15.1. The molecule has 0 radical (unpaired) electrons. The van der Waals surface area contributed by atoms with E-state index in [4.69, 9.17) is 28.3 Å². The molecule has 1 aliphatic heterocycles. The number of anilines is 1. The molecule has 0 saturated carbocycles. The van der Waals surface area contributed by atoms with Gasteiger partial charge in [-0.3, -0.25) is 18.5 Å². The van der Waals surface area contributed by atoms with Crippen LogP contribution < -0.4 is 16.3 Å². The van der Waals surface area contributed by atoms with Crippen LogP contribution in [0.4, 0.5) is 5.95 Å². The average molecular weight is 469 g/mol. The maximum atomic E-state index is 13.0. The molecule has 2 aromatic carbocycles. The highest BCUT2D eigenvalue weighted by molar-refractivity contribution is 6.42. The number of halogens is 2. The topological polar surface area (TPSA) is 77.4 Å². The van der Waals surface area contributed by atoms with E-state index in [-0.39, 0.29) is 0 Å².